The second-order valence-corrected chi connectivity index (χ2v) is 5.86. The van der Waals surface area contributed by atoms with Gasteiger partial charge in [0.2, 0.25) is 0 Å². The van der Waals surface area contributed by atoms with Gasteiger partial charge in [0.05, 0.1) is 6.04 Å². The van der Waals surface area contributed by atoms with E-state index in [4.69, 9.17) is 9.84 Å². The topological polar surface area (TPSA) is 84.9 Å². The maximum Gasteiger partial charge on any atom is 0.387 e. The highest BCUT2D eigenvalue weighted by Gasteiger charge is 2.19. The van der Waals surface area contributed by atoms with Crippen molar-refractivity contribution in [3.8, 4) is 11.5 Å². The number of nitrogens with one attached hydrogen (secondary N) is 1. The lowest BCUT2D eigenvalue weighted by atomic mass is 10.1. The van der Waals surface area contributed by atoms with Gasteiger partial charge in [-0.25, -0.2) is 4.79 Å². The molecule has 134 valence electrons. The van der Waals surface area contributed by atoms with Crippen molar-refractivity contribution >= 4 is 23.2 Å². The summed E-state index contributed by atoms with van der Waals surface area (Å²) in [6, 6.07) is 7.42. The van der Waals surface area contributed by atoms with Crippen LogP contribution in [-0.4, -0.2) is 30.2 Å². The van der Waals surface area contributed by atoms with Gasteiger partial charge in [-0.2, -0.15) is 8.78 Å². The fraction of sp³-hybridized carbons (Fsp3) is 0.250. The number of carboxylic acid groups (broad SMARTS) is 1. The molecule has 2 N–H and O–H groups in total. The quantitative estimate of drug-likeness (QED) is 0.744. The second-order valence-electron chi connectivity index (χ2n) is 4.94. The first kappa shape index (κ1) is 18.7. The zero-order valence-corrected chi connectivity index (χ0v) is 13.9. The molecule has 1 atom stereocenters. The molecule has 0 aliphatic heterocycles. The highest BCUT2D eigenvalue weighted by Crippen LogP contribution is 2.27. The van der Waals surface area contributed by atoms with Crippen LogP contribution in [-0.2, 0) is 4.79 Å². The van der Waals surface area contributed by atoms with E-state index in [2.05, 4.69) is 10.1 Å². The minimum absolute atomic E-state index is 0.0635. The number of hydrogen-bond acceptors (Lipinski definition) is 5. The van der Waals surface area contributed by atoms with E-state index >= 15 is 0 Å². The van der Waals surface area contributed by atoms with Crippen LogP contribution in [0.15, 0.2) is 35.7 Å². The SMILES string of the molecule is CC(NC(=O)c1sccc1OC(F)F)c1ccc(OCC(=O)O)cc1. The lowest BCUT2D eigenvalue weighted by molar-refractivity contribution is -0.139. The summed E-state index contributed by atoms with van der Waals surface area (Å²) in [5.74, 6) is -1.38. The third-order valence-electron chi connectivity index (χ3n) is 3.14. The molecular formula is C16H15F2NO5S. The van der Waals surface area contributed by atoms with Crippen molar-refractivity contribution in [2.75, 3.05) is 6.61 Å². The van der Waals surface area contributed by atoms with E-state index in [0.29, 0.717) is 5.75 Å². The maximum atomic E-state index is 12.3. The molecular weight excluding hydrogens is 356 g/mol. The standard InChI is InChI=1S/C16H15F2NO5S/c1-9(10-2-4-11(5-3-10)23-8-13(20)21)19-15(22)14-12(6-7-25-14)24-16(17)18/h2-7,9,16H,8H2,1H3,(H,19,22)(H,20,21). The first-order chi connectivity index (χ1) is 11.9. The molecule has 0 saturated carbocycles. The Morgan fingerprint density at radius 3 is 2.52 bits per heavy atom. The third kappa shape index (κ3) is 5.42. The van der Waals surface area contributed by atoms with Gasteiger partial charge in [0, 0.05) is 0 Å². The van der Waals surface area contributed by atoms with Gasteiger partial charge in [0.1, 0.15) is 16.4 Å². The molecule has 1 aromatic heterocycles. The normalized spacial score (nSPS) is 11.8. The maximum absolute atomic E-state index is 12.3. The Balaban J connectivity index is 1.99. The zero-order chi connectivity index (χ0) is 18.4. The van der Waals surface area contributed by atoms with E-state index in [-0.39, 0.29) is 10.6 Å². The fourth-order valence-corrected chi connectivity index (χ4v) is 2.72. The molecule has 2 rings (SSSR count). The van der Waals surface area contributed by atoms with Crippen LogP contribution in [0.2, 0.25) is 0 Å². The summed E-state index contributed by atoms with van der Waals surface area (Å²) in [5.41, 5.74) is 0.740. The minimum atomic E-state index is -3.00. The summed E-state index contributed by atoms with van der Waals surface area (Å²) in [4.78, 5) is 22.7. The number of benzene rings is 1. The number of carboxylic acids is 1. The van der Waals surface area contributed by atoms with Gasteiger partial charge < -0.3 is 19.9 Å². The number of rotatable bonds is 8. The Morgan fingerprint density at radius 2 is 1.92 bits per heavy atom. The summed E-state index contributed by atoms with van der Waals surface area (Å²) in [7, 11) is 0. The van der Waals surface area contributed by atoms with Crippen LogP contribution >= 0.6 is 11.3 Å². The molecule has 0 aliphatic carbocycles. The van der Waals surface area contributed by atoms with Gasteiger partial charge in [-0.05, 0) is 36.1 Å². The summed E-state index contributed by atoms with van der Waals surface area (Å²) < 4.78 is 34.0. The Hall–Kier alpha value is -2.68. The van der Waals surface area contributed by atoms with Crippen molar-refractivity contribution in [1.82, 2.24) is 5.32 Å². The van der Waals surface area contributed by atoms with Crippen LogP contribution < -0.4 is 14.8 Å². The Labute approximate surface area is 146 Å². The molecule has 25 heavy (non-hydrogen) atoms. The number of carbonyl (C=O) groups excluding carboxylic acids is 1. The van der Waals surface area contributed by atoms with Crippen LogP contribution in [0.5, 0.6) is 11.5 Å². The molecule has 0 spiro atoms. The summed E-state index contributed by atoms with van der Waals surface area (Å²) in [5, 5.41) is 12.7. The van der Waals surface area contributed by atoms with Crippen molar-refractivity contribution in [2.24, 2.45) is 0 Å². The monoisotopic (exact) mass is 371 g/mol. The van der Waals surface area contributed by atoms with E-state index in [0.717, 1.165) is 16.9 Å². The van der Waals surface area contributed by atoms with E-state index in [9.17, 15) is 18.4 Å². The van der Waals surface area contributed by atoms with E-state index in [1.165, 1.54) is 11.4 Å². The molecule has 2 aromatic rings. The minimum Gasteiger partial charge on any atom is -0.482 e. The van der Waals surface area contributed by atoms with Crippen LogP contribution in [0.1, 0.15) is 28.2 Å². The van der Waals surface area contributed by atoms with Crippen molar-refractivity contribution in [1.29, 1.82) is 0 Å². The average Bonchev–Trinajstić information content (AvgIpc) is 3.00. The van der Waals surface area contributed by atoms with E-state index in [1.54, 1.807) is 31.2 Å². The van der Waals surface area contributed by atoms with Crippen LogP contribution in [0.25, 0.3) is 0 Å². The number of ether oxygens (including phenoxy) is 2. The van der Waals surface area contributed by atoms with Gasteiger partial charge in [0.25, 0.3) is 5.91 Å². The van der Waals surface area contributed by atoms with E-state index < -0.39 is 31.1 Å². The number of alkyl halides is 2. The van der Waals surface area contributed by atoms with Crippen LogP contribution in [0.3, 0.4) is 0 Å². The molecule has 0 radical (unpaired) electrons. The van der Waals surface area contributed by atoms with Crippen molar-refractivity contribution < 1.29 is 33.0 Å². The molecule has 0 aliphatic rings. The average molecular weight is 371 g/mol. The first-order valence-corrected chi connectivity index (χ1v) is 8.02. The van der Waals surface area contributed by atoms with Crippen LogP contribution in [0.4, 0.5) is 8.78 Å². The number of hydrogen-bond donors (Lipinski definition) is 2. The van der Waals surface area contributed by atoms with Gasteiger partial charge >= 0.3 is 12.6 Å². The number of thiophene rings is 1. The Bertz CT molecular complexity index is 732. The predicted octanol–water partition coefficient (Wildman–Crippen LogP) is 3.30. The van der Waals surface area contributed by atoms with E-state index in [1.807, 2.05) is 0 Å². The first-order valence-electron chi connectivity index (χ1n) is 7.14. The third-order valence-corrected chi connectivity index (χ3v) is 4.04. The highest BCUT2D eigenvalue weighted by atomic mass is 32.1. The zero-order valence-electron chi connectivity index (χ0n) is 13.1. The molecule has 1 aromatic carbocycles. The fourth-order valence-electron chi connectivity index (χ4n) is 2.00. The predicted molar refractivity (Wildman–Crippen MR) is 86.4 cm³/mol. The molecule has 1 heterocycles. The molecule has 1 amide bonds. The van der Waals surface area contributed by atoms with Crippen molar-refractivity contribution in [3.05, 3.63) is 46.2 Å². The molecule has 0 bridgehead atoms. The molecule has 0 saturated heterocycles. The van der Waals surface area contributed by atoms with Crippen molar-refractivity contribution in [3.63, 3.8) is 0 Å². The Morgan fingerprint density at radius 1 is 1.24 bits per heavy atom. The number of aliphatic carboxylic acids is 1. The molecule has 0 fully saturated rings. The van der Waals surface area contributed by atoms with Gasteiger partial charge in [0.15, 0.2) is 6.61 Å². The van der Waals surface area contributed by atoms with Gasteiger partial charge in [-0.3, -0.25) is 4.79 Å². The largest absolute Gasteiger partial charge is 0.482 e. The molecule has 9 heteroatoms. The second kappa shape index (κ2) is 8.43. The number of amides is 1. The highest BCUT2D eigenvalue weighted by molar-refractivity contribution is 7.12. The summed E-state index contributed by atoms with van der Waals surface area (Å²) in [6.45, 7) is -1.72. The molecule has 6 nitrogen and oxygen atoms in total. The number of halogens is 2. The molecule has 1 unspecified atom stereocenters. The number of carbonyl (C=O) groups is 2. The van der Waals surface area contributed by atoms with Gasteiger partial charge in [-0.15, -0.1) is 11.3 Å². The van der Waals surface area contributed by atoms with Gasteiger partial charge in [-0.1, -0.05) is 12.1 Å². The lowest BCUT2D eigenvalue weighted by Crippen LogP contribution is -2.26. The summed E-state index contributed by atoms with van der Waals surface area (Å²) in [6.07, 6.45) is 0. The Kier molecular flexibility index (Phi) is 6.29. The lowest BCUT2D eigenvalue weighted by Gasteiger charge is -2.15. The smallest absolute Gasteiger partial charge is 0.387 e. The summed E-state index contributed by atoms with van der Waals surface area (Å²) >= 11 is 1.00. The van der Waals surface area contributed by atoms with Crippen molar-refractivity contribution in [2.45, 2.75) is 19.6 Å². The van der Waals surface area contributed by atoms with Crippen LogP contribution in [0, 0.1) is 0 Å².